The summed E-state index contributed by atoms with van der Waals surface area (Å²) in [5.41, 5.74) is 3.18. The summed E-state index contributed by atoms with van der Waals surface area (Å²) in [6.45, 7) is 4.55. The van der Waals surface area contributed by atoms with Gasteiger partial charge in [0.25, 0.3) is 11.5 Å². The summed E-state index contributed by atoms with van der Waals surface area (Å²) in [4.78, 5) is 37.2. The van der Waals surface area contributed by atoms with Crippen molar-refractivity contribution < 1.29 is 9.18 Å². The smallest absolute Gasteiger partial charge is 0.269 e. The van der Waals surface area contributed by atoms with E-state index < -0.39 is 5.95 Å². The Morgan fingerprint density at radius 1 is 1.27 bits per heavy atom. The zero-order chi connectivity index (χ0) is 21.3. The minimum atomic E-state index is -0.537. The largest absolute Gasteiger partial charge is 0.354 e. The van der Waals surface area contributed by atoms with Crippen LogP contribution in [0.3, 0.4) is 0 Å². The van der Waals surface area contributed by atoms with Crippen molar-refractivity contribution in [2.45, 2.75) is 44.9 Å². The fourth-order valence-electron chi connectivity index (χ4n) is 4.68. The molecule has 2 aromatic rings. The highest BCUT2D eigenvalue weighted by molar-refractivity contribution is 5.91. The van der Waals surface area contributed by atoms with Gasteiger partial charge in [0, 0.05) is 24.8 Å². The van der Waals surface area contributed by atoms with Crippen molar-refractivity contribution in [3.05, 3.63) is 56.8 Å². The van der Waals surface area contributed by atoms with Crippen LogP contribution in [0.15, 0.2) is 16.9 Å². The fraction of sp³-hybridized carbons (Fsp3) is 0.545. The molecule has 0 radical (unpaired) electrons. The van der Waals surface area contributed by atoms with Gasteiger partial charge in [0.1, 0.15) is 11.4 Å². The molecule has 0 spiro atoms. The molecule has 1 saturated heterocycles. The van der Waals surface area contributed by atoms with Crippen LogP contribution in [0.4, 0.5) is 4.39 Å². The van der Waals surface area contributed by atoms with Gasteiger partial charge in [0.2, 0.25) is 5.95 Å². The zero-order valence-corrected chi connectivity index (χ0v) is 17.5. The Labute approximate surface area is 175 Å². The van der Waals surface area contributed by atoms with Crippen molar-refractivity contribution in [2.75, 3.05) is 26.7 Å². The predicted molar refractivity (Wildman–Crippen MR) is 111 cm³/mol. The van der Waals surface area contributed by atoms with Crippen LogP contribution < -0.4 is 10.9 Å². The van der Waals surface area contributed by atoms with Gasteiger partial charge >= 0.3 is 0 Å². The number of hydrogen-bond acceptors (Lipinski definition) is 5. The number of carbonyl (C=O) groups excluding carboxylic acids is 1. The Bertz CT molecular complexity index is 998. The number of likely N-dealkylation sites (tertiary alicyclic amines) is 1. The normalized spacial score (nSPS) is 20.0. The molecule has 7 nitrogen and oxygen atoms in total. The van der Waals surface area contributed by atoms with Gasteiger partial charge in [-0.2, -0.15) is 4.39 Å². The Hall–Kier alpha value is -2.61. The molecule has 0 bridgehead atoms. The maximum absolute atomic E-state index is 14.5. The van der Waals surface area contributed by atoms with Gasteiger partial charge < -0.3 is 15.2 Å². The van der Waals surface area contributed by atoms with E-state index in [0.717, 1.165) is 63.1 Å². The van der Waals surface area contributed by atoms with Gasteiger partial charge in [-0.15, -0.1) is 0 Å². The number of carbonyl (C=O) groups is 1. The molecule has 0 unspecified atom stereocenters. The van der Waals surface area contributed by atoms with Crippen molar-refractivity contribution >= 4 is 5.91 Å². The summed E-state index contributed by atoms with van der Waals surface area (Å²) in [6, 6.07) is 3.30. The maximum Gasteiger partial charge on any atom is 0.269 e. The lowest BCUT2D eigenvalue weighted by Crippen LogP contribution is -2.38. The fourth-order valence-corrected chi connectivity index (χ4v) is 4.68. The number of aromatic nitrogens is 3. The van der Waals surface area contributed by atoms with Crippen molar-refractivity contribution in [3.63, 3.8) is 0 Å². The van der Waals surface area contributed by atoms with Gasteiger partial charge in [-0.25, -0.2) is 4.98 Å². The summed E-state index contributed by atoms with van der Waals surface area (Å²) in [5.74, 6) is -0.288. The Kier molecular flexibility index (Phi) is 5.94. The maximum atomic E-state index is 14.5. The molecule has 2 N–H and O–H groups in total. The Morgan fingerprint density at radius 3 is 2.73 bits per heavy atom. The quantitative estimate of drug-likeness (QED) is 0.748. The summed E-state index contributed by atoms with van der Waals surface area (Å²) in [6.07, 6.45) is 4.59. The number of amides is 1. The summed E-state index contributed by atoms with van der Waals surface area (Å²) in [7, 11) is 1.51. The first-order valence-electron chi connectivity index (χ1n) is 10.6. The third-order valence-electron chi connectivity index (χ3n) is 6.41. The monoisotopic (exact) mass is 413 g/mol. The number of aryl methyl sites for hydroxylation is 2. The van der Waals surface area contributed by atoms with Crippen LogP contribution in [0, 0.1) is 18.8 Å². The van der Waals surface area contributed by atoms with Gasteiger partial charge in [0.05, 0.1) is 5.69 Å². The molecule has 1 amide bonds. The SMILES string of the molecule is CNC(=O)c1ccc(C2CCN(C[C@H]3CCc4nc(C)c(=O)[nH]c4C3)CC2)c(F)n1. The molecule has 3 heterocycles. The highest BCUT2D eigenvalue weighted by Crippen LogP contribution is 2.31. The first-order valence-corrected chi connectivity index (χ1v) is 10.6. The molecule has 160 valence electrons. The lowest BCUT2D eigenvalue weighted by atomic mass is 9.86. The molecule has 2 aliphatic rings. The van der Waals surface area contributed by atoms with Gasteiger partial charge in [-0.05, 0) is 70.0 Å². The molecular formula is C22H28FN5O2. The van der Waals surface area contributed by atoms with Crippen molar-refractivity contribution in [1.82, 2.24) is 25.2 Å². The van der Waals surface area contributed by atoms with E-state index in [0.29, 0.717) is 17.2 Å². The standard InChI is InChI=1S/C22H28FN5O2/c1-13-21(29)27-19-11-14(3-5-17(19)25-13)12-28-9-7-15(8-10-28)16-4-6-18(22(30)24-2)26-20(16)23/h4,6,14-15H,3,5,7-12H2,1-2H3,(H,24,30)(H,27,29)/t14-/m0/s1. The average Bonchev–Trinajstić information content (AvgIpc) is 2.75. The van der Waals surface area contributed by atoms with E-state index in [1.807, 2.05) is 0 Å². The van der Waals surface area contributed by atoms with Crippen LogP contribution in [0.5, 0.6) is 0 Å². The van der Waals surface area contributed by atoms with Gasteiger partial charge in [0.15, 0.2) is 0 Å². The molecule has 1 fully saturated rings. The number of pyridine rings is 1. The highest BCUT2D eigenvalue weighted by Gasteiger charge is 2.27. The molecule has 30 heavy (non-hydrogen) atoms. The molecule has 1 atom stereocenters. The number of hydrogen-bond donors (Lipinski definition) is 2. The number of aromatic amines is 1. The Balaban J connectivity index is 1.33. The van der Waals surface area contributed by atoms with E-state index >= 15 is 0 Å². The third-order valence-corrected chi connectivity index (χ3v) is 6.41. The van der Waals surface area contributed by atoms with E-state index in [1.165, 1.54) is 7.05 Å². The third kappa shape index (κ3) is 4.28. The number of H-pyrrole nitrogens is 1. The van der Waals surface area contributed by atoms with E-state index in [1.54, 1.807) is 19.1 Å². The molecule has 0 saturated carbocycles. The van der Waals surface area contributed by atoms with Crippen LogP contribution >= 0.6 is 0 Å². The van der Waals surface area contributed by atoms with Crippen LogP contribution in [0.2, 0.25) is 0 Å². The number of piperidine rings is 1. The molecule has 1 aliphatic carbocycles. The van der Waals surface area contributed by atoms with Crippen molar-refractivity contribution in [1.29, 1.82) is 0 Å². The van der Waals surface area contributed by atoms with Crippen LogP contribution in [0.25, 0.3) is 0 Å². The second-order valence-electron chi connectivity index (χ2n) is 8.42. The second-order valence-corrected chi connectivity index (χ2v) is 8.42. The number of halogens is 1. The molecule has 8 heteroatoms. The molecular weight excluding hydrogens is 385 g/mol. The second kappa shape index (κ2) is 8.63. The van der Waals surface area contributed by atoms with Crippen molar-refractivity contribution in [2.24, 2.45) is 5.92 Å². The topological polar surface area (TPSA) is 91.0 Å². The Morgan fingerprint density at radius 2 is 2.03 bits per heavy atom. The van der Waals surface area contributed by atoms with Gasteiger partial charge in [-0.3, -0.25) is 14.6 Å². The highest BCUT2D eigenvalue weighted by atomic mass is 19.1. The number of fused-ring (bicyclic) bond motifs is 1. The van der Waals surface area contributed by atoms with E-state index in [-0.39, 0.29) is 23.1 Å². The number of rotatable bonds is 4. The van der Waals surface area contributed by atoms with E-state index in [2.05, 4.69) is 25.2 Å². The van der Waals surface area contributed by atoms with Crippen LogP contribution in [0.1, 0.15) is 58.3 Å². The van der Waals surface area contributed by atoms with E-state index in [4.69, 9.17) is 0 Å². The van der Waals surface area contributed by atoms with Gasteiger partial charge in [-0.1, -0.05) is 6.07 Å². The number of nitrogens with one attached hydrogen (secondary N) is 2. The summed E-state index contributed by atoms with van der Waals surface area (Å²) in [5, 5.41) is 2.47. The molecule has 4 rings (SSSR count). The zero-order valence-electron chi connectivity index (χ0n) is 17.5. The minimum absolute atomic E-state index is 0.0895. The summed E-state index contributed by atoms with van der Waals surface area (Å²) >= 11 is 0. The minimum Gasteiger partial charge on any atom is -0.354 e. The van der Waals surface area contributed by atoms with E-state index in [9.17, 15) is 14.0 Å². The lowest BCUT2D eigenvalue weighted by molar-refractivity contribution is 0.0957. The molecule has 0 aromatic carbocycles. The first kappa shape index (κ1) is 20.7. The predicted octanol–water partition coefficient (Wildman–Crippen LogP) is 1.96. The van der Waals surface area contributed by atoms with Crippen LogP contribution in [-0.2, 0) is 12.8 Å². The molecule has 1 aliphatic heterocycles. The lowest BCUT2D eigenvalue weighted by Gasteiger charge is -2.35. The summed E-state index contributed by atoms with van der Waals surface area (Å²) < 4.78 is 14.5. The van der Waals surface area contributed by atoms with Crippen molar-refractivity contribution in [3.8, 4) is 0 Å². The average molecular weight is 413 g/mol. The number of nitrogens with zero attached hydrogens (tertiary/aromatic N) is 3. The molecule has 2 aromatic heterocycles. The first-order chi connectivity index (χ1) is 14.4. The van der Waals surface area contributed by atoms with Crippen LogP contribution in [-0.4, -0.2) is 52.4 Å².